The Morgan fingerprint density at radius 1 is 1.11 bits per heavy atom. The van der Waals surface area contributed by atoms with E-state index in [2.05, 4.69) is 54.5 Å². The third-order valence-corrected chi connectivity index (χ3v) is 3.43. The predicted octanol–water partition coefficient (Wildman–Crippen LogP) is 4.14. The molecule has 0 aliphatic carbocycles. The zero-order valence-electron chi connectivity index (χ0n) is 11.6. The van der Waals surface area contributed by atoms with E-state index in [1.807, 2.05) is 19.2 Å². The molecule has 19 heavy (non-hydrogen) atoms. The number of hydrogen-bond donors (Lipinski definition) is 1. The summed E-state index contributed by atoms with van der Waals surface area (Å²) in [6.45, 7) is 2.91. The Morgan fingerprint density at radius 2 is 1.79 bits per heavy atom. The molecule has 0 spiro atoms. The molecule has 3 heteroatoms. The number of hydrogen-bond acceptors (Lipinski definition) is 2. The quantitative estimate of drug-likeness (QED) is 0.902. The van der Waals surface area contributed by atoms with E-state index in [0.717, 1.165) is 22.9 Å². The molecule has 0 saturated carbocycles. The Morgan fingerprint density at radius 3 is 2.42 bits per heavy atom. The van der Waals surface area contributed by atoms with Gasteiger partial charge in [-0.15, -0.1) is 0 Å². The van der Waals surface area contributed by atoms with Crippen molar-refractivity contribution >= 4 is 23.0 Å². The molecule has 0 atom stereocenters. The zero-order valence-corrected chi connectivity index (χ0v) is 12.3. The number of anilines is 2. The van der Waals surface area contributed by atoms with Crippen LogP contribution in [-0.4, -0.2) is 14.1 Å². The molecule has 0 saturated heterocycles. The standard InChI is InChI=1S/C16H19ClN2/c1-12-4-8-15(9-5-12)19(3)16-10-14(17)7-6-13(16)11-18-2/h4-10,18H,11H2,1-3H3. The van der Waals surface area contributed by atoms with Crippen molar-refractivity contribution in [3.63, 3.8) is 0 Å². The summed E-state index contributed by atoms with van der Waals surface area (Å²) in [5.74, 6) is 0. The van der Waals surface area contributed by atoms with Crippen LogP contribution in [0.1, 0.15) is 11.1 Å². The van der Waals surface area contributed by atoms with Crippen molar-refractivity contribution in [3.05, 3.63) is 58.6 Å². The van der Waals surface area contributed by atoms with E-state index in [1.165, 1.54) is 11.1 Å². The maximum Gasteiger partial charge on any atom is 0.0468 e. The van der Waals surface area contributed by atoms with Gasteiger partial charge in [-0.1, -0.05) is 35.4 Å². The lowest BCUT2D eigenvalue weighted by atomic mass is 10.1. The van der Waals surface area contributed by atoms with Crippen LogP contribution in [0.5, 0.6) is 0 Å². The van der Waals surface area contributed by atoms with Crippen LogP contribution < -0.4 is 10.2 Å². The molecule has 100 valence electrons. The molecule has 0 radical (unpaired) electrons. The summed E-state index contributed by atoms with van der Waals surface area (Å²) >= 11 is 6.13. The fourth-order valence-corrected chi connectivity index (χ4v) is 2.26. The third-order valence-electron chi connectivity index (χ3n) is 3.20. The molecule has 0 aliphatic heterocycles. The SMILES string of the molecule is CNCc1ccc(Cl)cc1N(C)c1ccc(C)cc1. The summed E-state index contributed by atoms with van der Waals surface area (Å²) in [5.41, 5.74) is 4.78. The largest absolute Gasteiger partial charge is 0.344 e. The summed E-state index contributed by atoms with van der Waals surface area (Å²) < 4.78 is 0. The molecular weight excluding hydrogens is 256 g/mol. The number of benzene rings is 2. The molecule has 0 fully saturated rings. The zero-order chi connectivity index (χ0) is 13.8. The van der Waals surface area contributed by atoms with Crippen LogP contribution in [0.15, 0.2) is 42.5 Å². The van der Waals surface area contributed by atoms with Gasteiger partial charge < -0.3 is 10.2 Å². The molecule has 0 unspecified atom stereocenters. The van der Waals surface area contributed by atoms with Crippen molar-refractivity contribution in [3.8, 4) is 0 Å². The van der Waals surface area contributed by atoms with Gasteiger partial charge in [-0.3, -0.25) is 0 Å². The molecule has 0 bridgehead atoms. The van der Waals surface area contributed by atoms with Crippen LogP contribution >= 0.6 is 11.6 Å². The number of nitrogens with zero attached hydrogens (tertiary/aromatic N) is 1. The first-order valence-corrected chi connectivity index (χ1v) is 6.73. The van der Waals surface area contributed by atoms with Crippen LogP contribution in [0.3, 0.4) is 0 Å². The van der Waals surface area contributed by atoms with Crippen molar-refractivity contribution < 1.29 is 0 Å². The average molecular weight is 275 g/mol. The van der Waals surface area contributed by atoms with Gasteiger partial charge in [-0.2, -0.15) is 0 Å². The van der Waals surface area contributed by atoms with E-state index in [4.69, 9.17) is 11.6 Å². The Balaban J connectivity index is 2.39. The van der Waals surface area contributed by atoms with Crippen LogP contribution in [-0.2, 0) is 6.54 Å². The monoisotopic (exact) mass is 274 g/mol. The lowest BCUT2D eigenvalue weighted by Crippen LogP contribution is -2.14. The number of halogens is 1. The van der Waals surface area contributed by atoms with Crippen molar-refractivity contribution in [2.24, 2.45) is 0 Å². The Labute approximate surface area is 120 Å². The summed E-state index contributed by atoms with van der Waals surface area (Å²) in [6.07, 6.45) is 0. The maximum atomic E-state index is 6.13. The number of rotatable bonds is 4. The van der Waals surface area contributed by atoms with Gasteiger partial charge in [0.1, 0.15) is 0 Å². The van der Waals surface area contributed by atoms with Crippen molar-refractivity contribution in [1.82, 2.24) is 5.32 Å². The van der Waals surface area contributed by atoms with E-state index < -0.39 is 0 Å². The lowest BCUT2D eigenvalue weighted by molar-refractivity contribution is 0.816. The molecular formula is C16H19ClN2. The molecule has 2 rings (SSSR count). The second-order valence-electron chi connectivity index (χ2n) is 4.70. The van der Waals surface area contributed by atoms with Crippen LogP contribution in [0.4, 0.5) is 11.4 Å². The van der Waals surface area contributed by atoms with E-state index in [9.17, 15) is 0 Å². The van der Waals surface area contributed by atoms with Gasteiger partial charge >= 0.3 is 0 Å². The summed E-state index contributed by atoms with van der Waals surface area (Å²) in [6, 6.07) is 14.5. The number of nitrogens with one attached hydrogen (secondary N) is 1. The summed E-state index contributed by atoms with van der Waals surface area (Å²) in [5, 5.41) is 3.95. The summed E-state index contributed by atoms with van der Waals surface area (Å²) in [7, 11) is 4.01. The smallest absolute Gasteiger partial charge is 0.0468 e. The first kappa shape index (κ1) is 13.9. The molecule has 2 nitrogen and oxygen atoms in total. The highest BCUT2D eigenvalue weighted by Gasteiger charge is 2.09. The van der Waals surface area contributed by atoms with Gasteiger partial charge in [0.05, 0.1) is 0 Å². The minimum Gasteiger partial charge on any atom is -0.344 e. The lowest BCUT2D eigenvalue weighted by Gasteiger charge is -2.23. The maximum absolute atomic E-state index is 6.13. The van der Waals surface area contributed by atoms with E-state index in [1.54, 1.807) is 0 Å². The topological polar surface area (TPSA) is 15.3 Å². The second kappa shape index (κ2) is 6.09. The number of aryl methyl sites for hydroxylation is 1. The normalized spacial score (nSPS) is 10.5. The Kier molecular flexibility index (Phi) is 4.46. The van der Waals surface area contributed by atoms with Gasteiger partial charge in [0, 0.05) is 30.0 Å². The molecule has 2 aromatic rings. The van der Waals surface area contributed by atoms with Crippen molar-refractivity contribution in [1.29, 1.82) is 0 Å². The van der Waals surface area contributed by atoms with Gasteiger partial charge in [-0.05, 0) is 43.8 Å². The first-order valence-electron chi connectivity index (χ1n) is 6.35. The molecule has 0 amide bonds. The Bertz CT molecular complexity index is 549. The first-order chi connectivity index (χ1) is 9.11. The average Bonchev–Trinajstić information content (AvgIpc) is 2.41. The van der Waals surface area contributed by atoms with Gasteiger partial charge in [0.15, 0.2) is 0 Å². The molecule has 1 N–H and O–H groups in total. The molecule has 0 aromatic heterocycles. The van der Waals surface area contributed by atoms with Crippen LogP contribution in [0.25, 0.3) is 0 Å². The van der Waals surface area contributed by atoms with Gasteiger partial charge in [0.25, 0.3) is 0 Å². The molecule has 0 aliphatic rings. The predicted molar refractivity (Wildman–Crippen MR) is 83.5 cm³/mol. The van der Waals surface area contributed by atoms with Gasteiger partial charge in [0.2, 0.25) is 0 Å². The highest BCUT2D eigenvalue weighted by atomic mass is 35.5. The molecule has 0 heterocycles. The summed E-state index contributed by atoms with van der Waals surface area (Å²) in [4.78, 5) is 2.16. The fourth-order valence-electron chi connectivity index (χ4n) is 2.10. The fraction of sp³-hybridized carbons (Fsp3) is 0.250. The van der Waals surface area contributed by atoms with Gasteiger partial charge in [-0.25, -0.2) is 0 Å². The van der Waals surface area contributed by atoms with Crippen molar-refractivity contribution in [2.45, 2.75) is 13.5 Å². The third kappa shape index (κ3) is 3.28. The Hall–Kier alpha value is -1.51. The van der Waals surface area contributed by atoms with E-state index in [-0.39, 0.29) is 0 Å². The van der Waals surface area contributed by atoms with Crippen LogP contribution in [0, 0.1) is 6.92 Å². The van der Waals surface area contributed by atoms with Crippen LogP contribution in [0.2, 0.25) is 5.02 Å². The van der Waals surface area contributed by atoms with Crippen molar-refractivity contribution in [2.75, 3.05) is 19.0 Å². The minimum atomic E-state index is 0.758. The molecule has 2 aromatic carbocycles. The van der Waals surface area contributed by atoms with E-state index >= 15 is 0 Å². The highest BCUT2D eigenvalue weighted by molar-refractivity contribution is 6.30. The minimum absolute atomic E-state index is 0.758. The van der Waals surface area contributed by atoms with E-state index in [0.29, 0.717) is 0 Å². The second-order valence-corrected chi connectivity index (χ2v) is 5.13. The highest BCUT2D eigenvalue weighted by Crippen LogP contribution is 2.29.